The number of carboxylic acids is 1. The van der Waals surface area contributed by atoms with Crippen LogP contribution >= 0.6 is 0 Å². The molecule has 0 aliphatic rings. The summed E-state index contributed by atoms with van der Waals surface area (Å²) in [5, 5.41) is 15.2. The molecular formula is C10H16N4O3. The van der Waals surface area contributed by atoms with Gasteiger partial charge in [-0.25, -0.2) is 0 Å². The molecule has 0 spiro atoms. The lowest BCUT2D eigenvalue weighted by Crippen LogP contribution is -2.41. The van der Waals surface area contributed by atoms with E-state index >= 15 is 0 Å². The Morgan fingerprint density at radius 3 is 2.76 bits per heavy atom. The van der Waals surface area contributed by atoms with E-state index in [1.165, 1.54) is 0 Å². The Morgan fingerprint density at radius 1 is 1.65 bits per heavy atom. The Balaban J connectivity index is 2.48. The first kappa shape index (κ1) is 13.2. The fraction of sp³-hybridized carbons (Fsp3) is 0.500. The first-order valence-electron chi connectivity index (χ1n) is 5.14. The van der Waals surface area contributed by atoms with Crippen LogP contribution in [-0.4, -0.2) is 32.8 Å². The fourth-order valence-corrected chi connectivity index (χ4v) is 1.42. The summed E-state index contributed by atoms with van der Waals surface area (Å²) in [4.78, 5) is 21.8. The van der Waals surface area contributed by atoms with Crippen molar-refractivity contribution in [1.82, 2.24) is 15.1 Å². The van der Waals surface area contributed by atoms with E-state index in [-0.39, 0.29) is 6.42 Å². The second-order valence-electron chi connectivity index (χ2n) is 3.84. The number of carbonyl (C=O) groups excluding carboxylic acids is 1. The second kappa shape index (κ2) is 5.44. The Morgan fingerprint density at radius 2 is 2.29 bits per heavy atom. The number of nitrogens with one attached hydrogen (secondary N) is 1. The summed E-state index contributed by atoms with van der Waals surface area (Å²) in [6.07, 6.45) is 1.41. The van der Waals surface area contributed by atoms with Gasteiger partial charge in [-0.05, 0) is 6.92 Å². The number of rotatable bonds is 5. The van der Waals surface area contributed by atoms with Crippen LogP contribution in [0, 0.1) is 6.92 Å². The molecular weight excluding hydrogens is 224 g/mol. The third-order valence-electron chi connectivity index (χ3n) is 2.30. The summed E-state index contributed by atoms with van der Waals surface area (Å²) in [6, 6.07) is -1.02. The third kappa shape index (κ3) is 3.87. The molecule has 17 heavy (non-hydrogen) atoms. The van der Waals surface area contributed by atoms with Gasteiger partial charge in [0.15, 0.2) is 0 Å². The summed E-state index contributed by atoms with van der Waals surface area (Å²) < 4.78 is 1.65. The molecule has 4 N–H and O–H groups in total. The van der Waals surface area contributed by atoms with E-state index in [2.05, 4.69) is 10.4 Å². The van der Waals surface area contributed by atoms with Gasteiger partial charge in [0.25, 0.3) is 0 Å². The topological polar surface area (TPSA) is 110 Å². The molecule has 0 aliphatic carbocycles. The van der Waals surface area contributed by atoms with E-state index < -0.39 is 17.9 Å². The molecule has 0 saturated carbocycles. The number of aromatic nitrogens is 2. The molecule has 1 atom stereocenters. The highest BCUT2D eigenvalue weighted by Gasteiger charge is 2.17. The number of amides is 1. The molecule has 0 aliphatic heterocycles. The SMILES string of the molecule is Cc1nn(C)cc1CNC(=O)C(N)CC(=O)O. The van der Waals surface area contributed by atoms with Crippen molar-refractivity contribution in [2.45, 2.75) is 25.9 Å². The molecule has 0 bridgehead atoms. The second-order valence-corrected chi connectivity index (χ2v) is 3.84. The lowest BCUT2D eigenvalue weighted by Gasteiger charge is -2.09. The molecule has 0 radical (unpaired) electrons. The van der Waals surface area contributed by atoms with Crippen molar-refractivity contribution in [1.29, 1.82) is 0 Å². The van der Waals surface area contributed by atoms with Gasteiger partial charge >= 0.3 is 5.97 Å². The van der Waals surface area contributed by atoms with Crippen LogP contribution < -0.4 is 11.1 Å². The van der Waals surface area contributed by atoms with E-state index in [4.69, 9.17) is 10.8 Å². The normalized spacial score (nSPS) is 12.2. The van der Waals surface area contributed by atoms with Crippen LogP contribution in [0.5, 0.6) is 0 Å². The zero-order valence-corrected chi connectivity index (χ0v) is 9.80. The van der Waals surface area contributed by atoms with Crippen molar-refractivity contribution in [3.8, 4) is 0 Å². The minimum atomic E-state index is -1.09. The van der Waals surface area contributed by atoms with Gasteiger partial charge in [-0.1, -0.05) is 0 Å². The highest BCUT2D eigenvalue weighted by molar-refractivity contribution is 5.85. The van der Waals surface area contributed by atoms with E-state index in [0.29, 0.717) is 6.54 Å². The molecule has 0 saturated heterocycles. The molecule has 1 rings (SSSR count). The quantitative estimate of drug-likeness (QED) is 0.620. The van der Waals surface area contributed by atoms with Gasteiger partial charge in [0, 0.05) is 25.4 Å². The van der Waals surface area contributed by atoms with Crippen molar-refractivity contribution in [2.24, 2.45) is 12.8 Å². The van der Waals surface area contributed by atoms with Crippen LogP contribution in [0.15, 0.2) is 6.20 Å². The highest BCUT2D eigenvalue weighted by Crippen LogP contribution is 2.03. The Labute approximate surface area is 98.6 Å². The van der Waals surface area contributed by atoms with E-state index in [0.717, 1.165) is 11.3 Å². The maximum atomic E-state index is 11.4. The lowest BCUT2D eigenvalue weighted by molar-refractivity contribution is -0.139. The summed E-state index contributed by atoms with van der Waals surface area (Å²) in [7, 11) is 1.79. The molecule has 0 aromatic carbocycles. The maximum Gasteiger partial charge on any atom is 0.305 e. The first-order chi connectivity index (χ1) is 7.90. The number of nitrogens with two attached hydrogens (primary N) is 1. The van der Waals surface area contributed by atoms with Gasteiger partial charge in [0.2, 0.25) is 5.91 Å². The van der Waals surface area contributed by atoms with Gasteiger partial charge in [-0.2, -0.15) is 5.10 Å². The van der Waals surface area contributed by atoms with Crippen molar-refractivity contribution in [2.75, 3.05) is 0 Å². The van der Waals surface area contributed by atoms with Crippen LogP contribution in [0.1, 0.15) is 17.7 Å². The zero-order chi connectivity index (χ0) is 13.0. The molecule has 94 valence electrons. The number of carbonyl (C=O) groups is 2. The Hall–Kier alpha value is -1.89. The van der Waals surface area contributed by atoms with Crippen molar-refractivity contribution >= 4 is 11.9 Å². The van der Waals surface area contributed by atoms with Gasteiger partial charge in [0.05, 0.1) is 18.2 Å². The average molecular weight is 240 g/mol. The molecule has 1 amide bonds. The average Bonchev–Trinajstić information content (AvgIpc) is 2.52. The molecule has 7 heteroatoms. The van der Waals surface area contributed by atoms with E-state index in [1.807, 2.05) is 6.92 Å². The summed E-state index contributed by atoms with van der Waals surface area (Å²) in [6.45, 7) is 2.13. The molecule has 1 heterocycles. The van der Waals surface area contributed by atoms with E-state index in [1.54, 1.807) is 17.9 Å². The Bertz CT molecular complexity index is 427. The number of aryl methyl sites for hydroxylation is 2. The minimum absolute atomic E-state index is 0.297. The van der Waals surface area contributed by atoms with Gasteiger partial charge in [0.1, 0.15) is 0 Å². The van der Waals surface area contributed by atoms with Crippen LogP contribution in [0.4, 0.5) is 0 Å². The van der Waals surface area contributed by atoms with Crippen LogP contribution in [-0.2, 0) is 23.2 Å². The predicted octanol–water partition coefficient (Wildman–Crippen LogP) is -0.853. The van der Waals surface area contributed by atoms with Gasteiger partial charge in [-0.15, -0.1) is 0 Å². The van der Waals surface area contributed by atoms with Crippen molar-refractivity contribution in [3.05, 3.63) is 17.5 Å². The molecule has 0 fully saturated rings. The van der Waals surface area contributed by atoms with Gasteiger partial charge < -0.3 is 16.2 Å². The zero-order valence-electron chi connectivity index (χ0n) is 9.80. The number of aliphatic carboxylic acids is 1. The van der Waals surface area contributed by atoms with Crippen LogP contribution in [0.25, 0.3) is 0 Å². The smallest absolute Gasteiger partial charge is 0.305 e. The third-order valence-corrected chi connectivity index (χ3v) is 2.30. The van der Waals surface area contributed by atoms with E-state index in [9.17, 15) is 9.59 Å². The number of carboxylic acid groups (broad SMARTS) is 1. The molecule has 1 unspecified atom stereocenters. The largest absolute Gasteiger partial charge is 0.481 e. The van der Waals surface area contributed by atoms with Crippen molar-refractivity contribution < 1.29 is 14.7 Å². The number of hydrogen-bond donors (Lipinski definition) is 3. The van der Waals surface area contributed by atoms with Crippen LogP contribution in [0.3, 0.4) is 0 Å². The van der Waals surface area contributed by atoms with Gasteiger partial charge in [-0.3, -0.25) is 14.3 Å². The minimum Gasteiger partial charge on any atom is -0.481 e. The molecule has 1 aromatic rings. The highest BCUT2D eigenvalue weighted by atomic mass is 16.4. The summed E-state index contributed by atoms with van der Waals surface area (Å²) in [5.74, 6) is -1.57. The standard InChI is InChI=1S/C10H16N4O3/c1-6-7(5-14(2)13-6)4-12-10(17)8(11)3-9(15)16/h5,8H,3-4,11H2,1-2H3,(H,12,17)(H,15,16). The molecule has 1 aromatic heterocycles. The number of nitrogens with zero attached hydrogens (tertiary/aromatic N) is 2. The maximum absolute atomic E-state index is 11.4. The predicted molar refractivity (Wildman–Crippen MR) is 60.0 cm³/mol. The Kier molecular flexibility index (Phi) is 4.22. The summed E-state index contributed by atoms with van der Waals surface area (Å²) >= 11 is 0. The number of hydrogen-bond acceptors (Lipinski definition) is 4. The lowest BCUT2D eigenvalue weighted by atomic mass is 10.2. The molecule has 7 nitrogen and oxygen atoms in total. The van der Waals surface area contributed by atoms with Crippen molar-refractivity contribution in [3.63, 3.8) is 0 Å². The van der Waals surface area contributed by atoms with Crippen LogP contribution in [0.2, 0.25) is 0 Å². The fourth-order valence-electron chi connectivity index (χ4n) is 1.42. The first-order valence-corrected chi connectivity index (χ1v) is 5.14. The summed E-state index contributed by atoms with van der Waals surface area (Å²) in [5.41, 5.74) is 7.11. The monoisotopic (exact) mass is 240 g/mol.